The lowest BCUT2D eigenvalue weighted by Gasteiger charge is -2.37. The van der Waals surface area contributed by atoms with Crippen molar-refractivity contribution in [3.05, 3.63) is 59.4 Å². The molecule has 2 saturated heterocycles. The van der Waals surface area contributed by atoms with Crippen LogP contribution in [0.3, 0.4) is 0 Å². The monoisotopic (exact) mass is 388 g/mol. The summed E-state index contributed by atoms with van der Waals surface area (Å²) in [5, 5.41) is 3.94. The van der Waals surface area contributed by atoms with Gasteiger partial charge in [-0.25, -0.2) is 0 Å². The van der Waals surface area contributed by atoms with Crippen molar-refractivity contribution in [1.82, 2.24) is 15.2 Å². The van der Waals surface area contributed by atoms with Crippen molar-refractivity contribution in [1.29, 1.82) is 0 Å². The van der Waals surface area contributed by atoms with Crippen LogP contribution in [0, 0.1) is 0 Å². The summed E-state index contributed by atoms with van der Waals surface area (Å²) >= 11 is 0. The van der Waals surface area contributed by atoms with Crippen LogP contribution in [-0.4, -0.2) is 55.2 Å². The van der Waals surface area contributed by atoms with Crippen LogP contribution in [-0.2, 0) is 6.42 Å². The van der Waals surface area contributed by atoms with Gasteiger partial charge in [-0.2, -0.15) is 0 Å². The molecule has 0 atom stereocenters. The highest BCUT2D eigenvalue weighted by molar-refractivity contribution is 5.88. The maximum absolute atomic E-state index is 4.58. The van der Waals surface area contributed by atoms with Crippen LogP contribution in [0.15, 0.2) is 42.7 Å². The van der Waals surface area contributed by atoms with Gasteiger partial charge in [0.25, 0.3) is 0 Å². The molecule has 29 heavy (non-hydrogen) atoms. The van der Waals surface area contributed by atoms with Crippen molar-refractivity contribution in [2.24, 2.45) is 0 Å². The Morgan fingerprint density at radius 2 is 1.66 bits per heavy atom. The van der Waals surface area contributed by atoms with E-state index in [0.717, 1.165) is 19.5 Å². The molecule has 3 aliphatic rings. The third-order valence-corrected chi connectivity index (χ3v) is 6.91. The average molecular weight is 389 g/mol. The molecule has 2 fully saturated rings. The molecule has 1 aromatic carbocycles. The average Bonchev–Trinajstić information content (AvgIpc) is 3.20. The number of nitrogens with zero attached hydrogens (tertiary/aromatic N) is 3. The van der Waals surface area contributed by atoms with Gasteiger partial charge in [-0.05, 0) is 80.6 Å². The zero-order valence-corrected chi connectivity index (χ0v) is 17.5. The lowest BCUT2D eigenvalue weighted by molar-refractivity contribution is 0.217. The van der Waals surface area contributed by atoms with Crippen molar-refractivity contribution in [3.63, 3.8) is 0 Å². The maximum atomic E-state index is 4.58. The molecule has 0 unspecified atom stereocenters. The predicted octanol–water partition coefficient (Wildman–Crippen LogP) is 3.83. The Kier molecular flexibility index (Phi) is 5.38. The number of aromatic nitrogens is 1. The van der Waals surface area contributed by atoms with E-state index in [1.54, 1.807) is 0 Å². The molecular weight excluding hydrogens is 356 g/mol. The highest BCUT2D eigenvalue weighted by Gasteiger charge is 2.24. The van der Waals surface area contributed by atoms with E-state index in [-0.39, 0.29) is 0 Å². The molecule has 1 aliphatic carbocycles. The van der Waals surface area contributed by atoms with Crippen LogP contribution in [0.2, 0.25) is 0 Å². The number of rotatable bonds is 4. The van der Waals surface area contributed by atoms with Gasteiger partial charge in [-0.1, -0.05) is 30.3 Å². The van der Waals surface area contributed by atoms with Crippen molar-refractivity contribution >= 4 is 17.3 Å². The zero-order valence-electron chi connectivity index (χ0n) is 17.5. The number of nitrogens with one attached hydrogen (secondary N) is 1. The van der Waals surface area contributed by atoms with E-state index in [2.05, 4.69) is 63.6 Å². The first kappa shape index (κ1) is 18.8. The molecule has 0 bridgehead atoms. The highest BCUT2D eigenvalue weighted by atomic mass is 15.2. The van der Waals surface area contributed by atoms with E-state index in [0.29, 0.717) is 12.1 Å². The fourth-order valence-electron chi connectivity index (χ4n) is 5.05. The number of benzene rings is 1. The Bertz CT molecular complexity index is 874. The Morgan fingerprint density at radius 3 is 2.41 bits per heavy atom. The summed E-state index contributed by atoms with van der Waals surface area (Å²) in [6, 6.07) is 12.4. The minimum atomic E-state index is 0.669. The SMILES string of the molecule is CN1CCC(NC2CCN(c3cncc(C4=Cc5ccccc5C4)c3)CC2)CC1. The van der Waals surface area contributed by atoms with Gasteiger partial charge in [-0.3, -0.25) is 4.98 Å². The molecule has 2 aromatic rings. The number of hydrogen-bond acceptors (Lipinski definition) is 4. The molecular formula is C25H32N4. The lowest BCUT2D eigenvalue weighted by Crippen LogP contribution is -2.49. The van der Waals surface area contributed by atoms with Crippen molar-refractivity contribution in [2.75, 3.05) is 38.1 Å². The number of pyridine rings is 1. The van der Waals surface area contributed by atoms with Crippen molar-refractivity contribution in [2.45, 2.75) is 44.2 Å². The van der Waals surface area contributed by atoms with Gasteiger partial charge >= 0.3 is 0 Å². The van der Waals surface area contributed by atoms with Gasteiger partial charge < -0.3 is 15.1 Å². The van der Waals surface area contributed by atoms with Gasteiger partial charge in [0.1, 0.15) is 0 Å². The molecule has 3 heterocycles. The first-order valence-electron chi connectivity index (χ1n) is 11.2. The normalized spacial score (nSPS) is 21.3. The number of anilines is 1. The van der Waals surface area contributed by atoms with E-state index < -0.39 is 0 Å². The Balaban J connectivity index is 1.19. The lowest BCUT2D eigenvalue weighted by atomic mass is 9.99. The molecule has 0 spiro atoms. The summed E-state index contributed by atoms with van der Waals surface area (Å²) < 4.78 is 0. The second-order valence-corrected chi connectivity index (χ2v) is 8.98. The van der Waals surface area contributed by atoms with Crippen LogP contribution in [0.25, 0.3) is 11.6 Å². The number of hydrogen-bond donors (Lipinski definition) is 1. The van der Waals surface area contributed by atoms with Crippen LogP contribution < -0.4 is 10.2 Å². The molecule has 5 rings (SSSR count). The number of piperidine rings is 2. The summed E-state index contributed by atoms with van der Waals surface area (Å²) in [5.41, 5.74) is 6.71. The summed E-state index contributed by atoms with van der Waals surface area (Å²) in [6.45, 7) is 4.70. The third kappa shape index (κ3) is 4.24. The predicted molar refractivity (Wildman–Crippen MR) is 121 cm³/mol. The zero-order chi connectivity index (χ0) is 19.6. The van der Waals surface area contributed by atoms with Crippen molar-refractivity contribution < 1.29 is 0 Å². The Hall–Kier alpha value is -2.17. The fourth-order valence-corrected chi connectivity index (χ4v) is 5.05. The standard InChI is InChI=1S/C25H32N4/c1-28-10-6-23(7-11-28)27-24-8-12-29(13-9-24)25-16-22(17-26-18-25)21-14-19-4-2-3-5-20(19)15-21/h2-5,14,16-18,23-24,27H,6-13,15H2,1H3. The summed E-state index contributed by atoms with van der Waals surface area (Å²) in [6.07, 6.45) is 12.4. The Morgan fingerprint density at radius 1 is 0.931 bits per heavy atom. The minimum Gasteiger partial charge on any atom is -0.370 e. The minimum absolute atomic E-state index is 0.669. The van der Waals surface area contributed by atoms with E-state index in [9.17, 15) is 0 Å². The quantitative estimate of drug-likeness (QED) is 0.863. The van der Waals surface area contributed by atoms with Gasteiger partial charge in [0.05, 0.1) is 11.9 Å². The number of fused-ring (bicyclic) bond motifs is 1. The van der Waals surface area contributed by atoms with Gasteiger partial charge in [0, 0.05) is 31.4 Å². The molecule has 152 valence electrons. The topological polar surface area (TPSA) is 31.4 Å². The van der Waals surface area contributed by atoms with E-state index >= 15 is 0 Å². The maximum Gasteiger partial charge on any atom is 0.0558 e. The molecule has 1 aromatic heterocycles. The number of likely N-dealkylation sites (tertiary alicyclic amines) is 1. The summed E-state index contributed by atoms with van der Waals surface area (Å²) in [4.78, 5) is 9.55. The van der Waals surface area contributed by atoms with E-state index in [1.807, 2.05) is 12.4 Å². The summed E-state index contributed by atoms with van der Waals surface area (Å²) in [7, 11) is 2.23. The molecule has 4 nitrogen and oxygen atoms in total. The van der Waals surface area contributed by atoms with E-state index in [1.165, 1.54) is 66.7 Å². The van der Waals surface area contributed by atoms with Crippen LogP contribution in [0.5, 0.6) is 0 Å². The molecule has 0 radical (unpaired) electrons. The molecule has 2 aliphatic heterocycles. The van der Waals surface area contributed by atoms with Crippen LogP contribution >= 0.6 is 0 Å². The van der Waals surface area contributed by atoms with Gasteiger partial charge in [-0.15, -0.1) is 0 Å². The van der Waals surface area contributed by atoms with Crippen molar-refractivity contribution in [3.8, 4) is 0 Å². The smallest absolute Gasteiger partial charge is 0.0558 e. The van der Waals surface area contributed by atoms with Crippen LogP contribution in [0.1, 0.15) is 42.4 Å². The fraction of sp³-hybridized carbons (Fsp3) is 0.480. The second-order valence-electron chi connectivity index (χ2n) is 8.98. The third-order valence-electron chi connectivity index (χ3n) is 6.91. The second kappa shape index (κ2) is 8.29. The molecule has 1 N–H and O–H groups in total. The van der Waals surface area contributed by atoms with Crippen LogP contribution in [0.4, 0.5) is 5.69 Å². The first-order valence-corrected chi connectivity index (χ1v) is 11.2. The molecule has 4 heteroatoms. The van der Waals surface area contributed by atoms with Gasteiger partial charge in [0.2, 0.25) is 0 Å². The summed E-state index contributed by atoms with van der Waals surface area (Å²) in [5.74, 6) is 0. The van der Waals surface area contributed by atoms with E-state index in [4.69, 9.17) is 0 Å². The Labute approximate surface area is 174 Å². The molecule has 0 saturated carbocycles. The van der Waals surface area contributed by atoms with Gasteiger partial charge in [0.15, 0.2) is 0 Å². The highest BCUT2D eigenvalue weighted by Crippen LogP contribution is 2.32. The largest absolute Gasteiger partial charge is 0.370 e. The molecule has 0 amide bonds. The number of allylic oxidation sites excluding steroid dienone is 1. The first-order chi connectivity index (χ1) is 14.2.